The van der Waals surface area contributed by atoms with Crippen molar-refractivity contribution in [3.8, 4) is 23.2 Å². The quantitative estimate of drug-likeness (QED) is 0.496. The van der Waals surface area contributed by atoms with Crippen molar-refractivity contribution in [2.45, 2.75) is 13.8 Å². The van der Waals surface area contributed by atoms with E-state index >= 15 is 0 Å². The van der Waals surface area contributed by atoms with Gasteiger partial charge in [0.15, 0.2) is 5.69 Å². The van der Waals surface area contributed by atoms with E-state index in [0.717, 1.165) is 17.0 Å². The largest absolute Gasteiger partial charge is 0.494 e. The number of hydrogen-bond acceptors (Lipinski definition) is 7. The Morgan fingerprint density at radius 1 is 1.19 bits per heavy atom. The molecule has 31 heavy (non-hydrogen) atoms. The molecular formula is C22H20N6O3. The number of fused-ring (bicyclic) bond motifs is 1. The van der Waals surface area contributed by atoms with E-state index in [-0.39, 0.29) is 16.9 Å². The number of carbonyl (C=O) groups excluding carboxylic acids is 1. The highest BCUT2D eigenvalue weighted by Crippen LogP contribution is 2.28. The SMILES string of the molecule is CCOc1ccc(-n2nc3cc(C)c(-n4cc(C#N)c(N)c4C(=O)OC)cc3n2)cc1. The summed E-state index contributed by atoms with van der Waals surface area (Å²) < 4.78 is 11.9. The predicted molar refractivity (Wildman–Crippen MR) is 115 cm³/mol. The number of benzene rings is 2. The van der Waals surface area contributed by atoms with Gasteiger partial charge in [0.25, 0.3) is 0 Å². The molecule has 156 valence electrons. The van der Waals surface area contributed by atoms with E-state index < -0.39 is 5.97 Å². The maximum atomic E-state index is 12.3. The lowest BCUT2D eigenvalue weighted by atomic mass is 10.1. The first-order valence-electron chi connectivity index (χ1n) is 9.57. The number of nitrogens with two attached hydrogens (primary N) is 1. The molecule has 0 fully saturated rings. The number of nitrogen functional groups attached to an aromatic ring is 1. The van der Waals surface area contributed by atoms with Crippen molar-refractivity contribution in [1.82, 2.24) is 19.6 Å². The van der Waals surface area contributed by atoms with Gasteiger partial charge in [-0.1, -0.05) is 0 Å². The molecule has 0 radical (unpaired) electrons. The third kappa shape index (κ3) is 3.44. The van der Waals surface area contributed by atoms with E-state index in [2.05, 4.69) is 10.2 Å². The summed E-state index contributed by atoms with van der Waals surface area (Å²) in [6.45, 7) is 4.41. The number of aromatic nitrogens is 4. The molecule has 0 bridgehead atoms. The second-order valence-corrected chi connectivity index (χ2v) is 6.82. The number of methoxy groups -OCH3 is 1. The van der Waals surface area contributed by atoms with E-state index in [1.54, 1.807) is 10.6 Å². The van der Waals surface area contributed by atoms with E-state index in [0.29, 0.717) is 23.3 Å². The Labute approximate surface area is 178 Å². The van der Waals surface area contributed by atoms with Crippen LogP contribution < -0.4 is 10.5 Å². The Balaban J connectivity index is 1.82. The summed E-state index contributed by atoms with van der Waals surface area (Å²) in [6.07, 6.45) is 1.52. The molecule has 4 aromatic rings. The highest BCUT2D eigenvalue weighted by atomic mass is 16.5. The van der Waals surface area contributed by atoms with Crippen molar-refractivity contribution in [3.63, 3.8) is 0 Å². The zero-order chi connectivity index (χ0) is 22.1. The number of carbonyl (C=O) groups is 1. The Hall–Kier alpha value is -4.32. The van der Waals surface area contributed by atoms with Gasteiger partial charge in [0.1, 0.15) is 22.9 Å². The van der Waals surface area contributed by atoms with Gasteiger partial charge in [-0.3, -0.25) is 0 Å². The first kappa shape index (κ1) is 20.0. The second kappa shape index (κ2) is 7.84. The minimum atomic E-state index is -0.628. The standard InChI is InChI=1S/C22H20N6O3/c1-4-31-16-7-5-15(6-8-16)28-25-17-9-13(2)19(10-18(17)26-28)27-12-14(11-23)20(24)21(27)22(29)30-3/h5-10,12H,4,24H2,1-3H3. The van der Waals surface area contributed by atoms with Crippen LogP contribution in [0.5, 0.6) is 5.75 Å². The third-order valence-corrected chi connectivity index (χ3v) is 4.88. The molecule has 0 amide bonds. The summed E-state index contributed by atoms with van der Waals surface area (Å²) in [7, 11) is 1.27. The third-order valence-electron chi connectivity index (χ3n) is 4.88. The molecule has 0 aliphatic rings. The van der Waals surface area contributed by atoms with Crippen molar-refractivity contribution < 1.29 is 14.3 Å². The fourth-order valence-electron chi connectivity index (χ4n) is 3.38. The number of nitriles is 1. The number of anilines is 1. The molecule has 0 aliphatic carbocycles. The average molecular weight is 416 g/mol. The van der Waals surface area contributed by atoms with Crippen molar-refractivity contribution in [1.29, 1.82) is 5.26 Å². The molecule has 0 unspecified atom stereocenters. The van der Waals surface area contributed by atoms with Crippen LogP contribution in [0.1, 0.15) is 28.5 Å². The van der Waals surface area contributed by atoms with Crippen molar-refractivity contribution in [2.24, 2.45) is 0 Å². The highest BCUT2D eigenvalue weighted by Gasteiger charge is 2.23. The molecule has 2 N–H and O–H groups in total. The van der Waals surface area contributed by atoms with Gasteiger partial charge in [0.05, 0.1) is 36.3 Å². The smallest absolute Gasteiger partial charge is 0.357 e. The Kier molecular flexibility index (Phi) is 5.05. The summed E-state index contributed by atoms with van der Waals surface area (Å²) in [5, 5.41) is 18.5. The van der Waals surface area contributed by atoms with E-state index in [4.69, 9.17) is 15.2 Å². The molecule has 0 saturated carbocycles. The molecule has 0 aliphatic heterocycles. The summed E-state index contributed by atoms with van der Waals surface area (Å²) in [6, 6.07) is 13.1. The lowest BCUT2D eigenvalue weighted by molar-refractivity contribution is 0.0593. The molecule has 2 aromatic carbocycles. The summed E-state index contributed by atoms with van der Waals surface area (Å²) in [4.78, 5) is 13.9. The first-order chi connectivity index (χ1) is 15.0. The molecule has 9 nitrogen and oxygen atoms in total. The molecule has 4 rings (SSSR count). The van der Waals surface area contributed by atoms with Gasteiger partial charge in [-0.05, 0) is 55.8 Å². The molecule has 9 heteroatoms. The molecular weight excluding hydrogens is 396 g/mol. The van der Waals surface area contributed by atoms with Gasteiger partial charge in [0.2, 0.25) is 0 Å². The maximum absolute atomic E-state index is 12.3. The maximum Gasteiger partial charge on any atom is 0.357 e. The van der Waals surface area contributed by atoms with Crippen LogP contribution in [0, 0.1) is 18.3 Å². The fourth-order valence-corrected chi connectivity index (χ4v) is 3.38. The number of aryl methyl sites for hydroxylation is 1. The number of hydrogen-bond donors (Lipinski definition) is 1. The summed E-state index contributed by atoms with van der Waals surface area (Å²) in [5.41, 5.74) is 9.96. The number of esters is 1. The van der Waals surface area contributed by atoms with Gasteiger partial charge in [-0.25, -0.2) is 4.79 Å². The first-order valence-corrected chi connectivity index (χ1v) is 9.57. The van der Waals surface area contributed by atoms with Crippen LogP contribution in [0.4, 0.5) is 5.69 Å². The van der Waals surface area contributed by atoms with Gasteiger partial charge >= 0.3 is 5.97 Å². The Morgan fingerprint density at radius 2 is 1.87 bits per heavy atom. The van der Waals surface area contributed by atoms with Crippen LogP contribution in [-0.4, -0.2) is 39.2 Å². The van der Waals surface area contributed by atoms with Gasteiger partial charge < -0.3 is 19.8 Å². The normalized spacial score (nSPS) is 10.8. The lowest BCUT2D eigenvalue weighted by Crippen LogP contribution is -2.11. The van der Waals surface area contributed by atoms with Gasteiger partial charge in [-0.15, -0.1) is 10.2 Å². The van der Waals surface area contributed by atoms with Crippen LogP contribution in [0.15, 0.2) is 42.6 Å². The van der Waals surface area contributed by atoms with Crippen LogP contribution in [0.3, 0.4) is 0 Å². The van der Waals surface area contributed by atoms with Crippen LogP contribution in [-0.2, 0) is 4.74 Å². The Bertz CT molecular complexity index is 1330. The fraction of sp³-hybridized carbons (Fsp3) is 0.182. The van der Waals surface area contributed by atoms with E-state index in [9.17, 15) is 10.1 Å². The van der Waals surface area contributed by atoms with Crippen LogP contribution in [0.25, 0.3) is 22.4 Å². The minimum absolute atomic E-state index is 0.0758. The molecule has 0 saturated heterocycles. The van der Waals surface area contributed by atoms with Crippen molar-refractivity contribution >= 4 is 22.7 Å². The second-order valence-electron chi connectivity index (χ2n) is 6.82. The van der Waals surface area contributed by atoms with Crippen LogP contribution >= 0.6 is 0 Å². The molecule has 0 atom stereocenters. The van der Waals surface area contributed by atoms with Gasteiger partial charge in [-0.2, -0.15) is 10.1 Å². The van der Waals surface area contributed by atoms with E-state index in [1.807, 2.05) is 50.2 Å². The summed E-state index contributed by atoms with van der Waals surface area (Å²) in [5.74, 6) is 0.145. The van der Waals surface area contributed by atoms with Gasteiger partial charge in [0, 0.05) is 6.20 Å². The zero-order valence-electron chi connectivity index (χ0n) is 17.3. The number of rotatable bonds is 5. The molecule has 2 heterocycles. The topological polar surface area (TPSA) is 121 Å². The highest BCUT2D eigenvalue weighted by molar-refractivity contribution is 5.96. The van der Waals surface area contributed by atoms with E-state index in [1.165, 1.54) is 18.1 Å². The average Bonchev–Trinajstić information content (AvgIpc) is 3.33. The zero-order valence-corrected chi connectivity index (χ0v) is 17.3. The predicted octanol–water partition coefficient (Wildman–Crippen LogP) is 3.16. The van der Waals surface area contributed by atoms with Crippen LogP contribution in [0.2, 0.25) is 0 Å². The lowest BCUT2D eigenvalue weighted by Gasteiger charge is -2.11. The monoisotopic (exact) mass is 416 g/mol. The molecule has 0 spiro atoms. The summed E-state index contributed by atoms with van der Waals surface area (Å²) >= 11 is 0. The number of ether oxygens (including phenoxy) is 2. The molecule has 2 aromatic heterocycles. The minimum Gasteiger partial charge on any atom is -0.494 e. The van der Waals surface area contributed by atoms with Crippen molar-refractivity contribution in [3.05, 3.63) is 59.4 Å². The Morgan fingerprint density at radius 3 is 2.48 bits per heavy atom. The number of nitrogens with zero attached hydrogens (tertiary/aromatic N) is 5. The van der Waals surface area contributed by atoms with Crippen molar-refractivity contribution in [2.75, 3.05) is 19.5 Å².